The van der Waals surface area contributed by atoms with Crippen LogP contribution in [0.15, 0.2) is 76.4 Å². The maximum atomic E-state index is 13.0. The van der Waals surface area contributed by atoms with E-state index in [2.05, 4.69) is 37.3 Å². The molecule has 1 aliphatic heterocycles. The van der Waals surface area contributed by atoms with Gasteiger partial charge >= 0.3 is 0 Å². The highest BCUT2D eigenvalue weighted by Gasteiger charge is 2.43. The number of carbonyl (C=O) groups is 1. The van der Waals surface area contributed by atoms with Crippen molar-refractivity contribution in [1.29, 1.82) is 0 Å². The number of rotatable bonds is 6. The molecule has 4 aliphatic rings. The molecule has 2 fully saturated rings. The summed E-state index contributed by atoms with van der Waals surface area (Å²) in [5.74, 6) is 1.21. The monoisotopic (exact) mass is 591 g/mol. The predicted molar refractivity (Wildman–Crippen MR) is 175 cm³/mol. The van der Waals surface area contributed by atoms with E-state index in [1.54, 1.807) is 42.0 Å². The van der Waals surface area contributed by atoms with Crippen molar-refractivity contribution in [2.75, 3.05) is 18.2 Å². The minimum atomic E-state index is -0.417. The van der Waals surface area contributed by atoms with Crippen molar-refractivity contribution in [1.82, 2.24) is 5.32 Å². The fraction of sp³-hybridized carbons (Fsp3) is 0.500. The van der Waals surface area contributed by atoms with Crippen molar-refractivity contribution in [3.05, 3.63) is 88.3 Å². The Bertz CT molecular complexity index is 1280. The Hall–Kier alpha value is -3.29. The van der Waals surface area contributed by atoms with E-state index >= 15 is 0 Å². The van der Waals surface area contributed by atoms with Gasteiger partial charge in [0.05, 0.1) is 37.2 Å². The highest BCUT2D eigenvalue weighted by Crippen LogP contribution is 2.41. The van der Waals surface area contributed by atoms with Crippen molar-refractivity contribution in [2.24, 2.45) is 16.9 Å². The van der Waals surface area contributed by atoms with Gasteiger partial charge in [-0.15, -0.1) is 0 Å². The van der Waals surface area contributed by atoms with Gasteiger partial charge in [-0.05, 0) is 97.4 Å². The molecule has 3 aliphatic carbocycles. The average Bonchev–Trinajstić information content (AvgIpc) is 3.67. The molecule has 234 valence electrons. The first-order chi connectivity index (χ1) is 20.8. The maximum absolute atomic E-state index is 13.0. The quantitative estimate of drug-likeness (QED) is 0.323. The lowest BCUT2D eigenvalue weighted by Gasteiger charge is -2.29. The van der Waals surface area contributed by atoms with Crippen LogP contribution in [0.5, 0.6) is 0 Å². The summed E-state index contributed by atoms with van der Waals surface area (Å²) >= 11 is 0. The zero-order valence-electron chi connectivity index (χ0n) is 26.6. The Morgan fingerprint density at radius 3 is 2.37 bits per heavy atom. The molecule has 0 radical (unpaired) electrons. The normalized spacial score (nSPS) is 19.0. The van der Waals surface area contributed by atoms with E-state index in [4.69, 9.17) is 10.2 Å². The predicted octanol–water partition coefficient (Wildman–Crippen LogP) is 7.57. The number of benzene rings is 2. The van der Waals surface area contributed by atoms with Gasteiger partial charge in [0.1, 0.15) is 5.82 Å². The molecule has 2 aromatic carbocycles. The largest absolute Gasteiger partial charge is 0.394 e. The molecule has 0 saturated heterocycles. The van der Waals surface area contributed by atoms with Gasteiger partial charge in [-0.3, -0.25) is 9.80 Å². The van der Waals surface area contributed by atoms with Crippen LogP contribution in [0.25, 0.3) is 0 Å². The third-order valence-corrected chi connectivity index (χ3v) is 8.36. The van der Waals surface area contributed by atoms with Gasteiger partial charge in [0.2, 0.25) is 0 Å². The summed E-state index contributed by atoms with van der Waals surface area (Å²) < 4.78 is 13.0. The minimum absolute atomic E-state index is 0.0277. The van der Waals surface area contributed by atoms with Gasteiger partial charge in [-0.2, -0.15) is 5.10 Å². The number of fused-ring (bicyclic) bond motifs is 1. The Morgan fingerprint density at radius 1 is 1.09 bits per heavy atom. The Kier molecular flexibility index (Phi) is 13.1. The van der Waals surface area contributed by atoms with E-state index in [1.165, 1.54) is 49.0 Å². The number of hydrazone groups is 1. The maximum Gasteiger partial charge on any atom is 0.252 e. The Labute approximate surface area is 257 Å². The van der Waals surface area contributed by atoms with Crippen molar-refractivity contribution < 1.29 is 19.4 Å². The van der Waals surface area contributed by atoms with Crippen LogP contribution >= 0.6 is 0 Å². The fourth-order valence-electron chi connectivity index (χ4n) is 5.14. The highest BCUT2D eigenvalue weighted by atomic mass is 19.1. The smallest absolute Gasteiger partial charge is 0.252 e. The van der Waals surface area contributed by atoms with E-state index in [1.807, 2.05) is 25.1 Å². The molecular weight excluding hydrogens is 541 g/mol. The van der Waals surface area contributed by atoms with Crippen LogP contribution in [-0.4, -0.2) is 41.0 Å². The summed E-state index contributed by atoms with van der Waals surface area (Å²) in [6.45, 7) is 11.3. The SMILES string of the molecule is CC.CCC(C)C.Fc1ccc(N2CC3=C(C=N2)CC2CCCC2=C3)cc1.O=C(NC1(CO)CC1)c1ccccc1CO. The van der Waals surface area contributed by atoms with Crippen molar-refractivity contribution in [2.45, 2.75) is 91.7 Å². The molecule has 1 amide bonds. The molecule has 1 unspecified atom stereocenters. The first-order valence-corrected chi connectivity index (χ1v) is 15.9. The van der Waals surface area contributed by atoms with E-state index in [-0.39, 0.29) is 24.9 Å². The Balaban J connectivity index is 0.000000198. The summed E-state index contributed by atoms with van der Waals surface area (Å²) in [7, 11) is 0. The second kappa shape index (κ2) is 16.5. The van der Waals surface area contributed by atoms with E-state index in [0.717, 1.165) is 43.3 Å². The number of allylic oxidation sites excluding steroid dienone is 2. The topological polar surface area (TPSA) is 85.2 Å². The number of anilines is 1. The second-order valence-corrected chi connectivity index (χ2v) is 11.9. The van der Waals surface area contributed by atoms with Crippen LogP contribution in [0.1, 0.15) is 95.5 Å². The van der Waals surface area contributed by atoms with Crippen LogP contribution in [0.2, 0.25) is 0 Å². The van der Waals surface area contributed by atoms with Crippen molar-refractivity contribution in [3.63, 3.8) is 0 Å². The fourth-order valence-corrected chi connectivity index (χ4v) is 5.14. The van der Waals surface area contributed by atoms with Gasteiger partial charge in [0.15, 0.2) is 0 Å². The van der Waals surface area contributed by atoms with E-state index in [9.17, 15) is 9.18 Å². The van der Waals surface area contributed by atoms with Gasteiger partial charge in [0, 0.05) is 5.56 Å². The van der Waals surface area contributed by atoms with Gasteiger partial charge in [0.25, 0.3) is 5.91 Å². The van der Waals surface area contributed by atoms with Crippen LogP contribution in [-0.2, 0) is 6.61 Å². The third kappa shape index (κ3) is 9.60. The lowest BCUT2D eigenvalue weighted by atomic mass is 9.85. The minimum Gasteiger partial charge on any atom is -0.394 e. The number of halogens is 1. The van der Waals surface area contributed by atoms with E-state index in [0.29, 0.717) is 11.1 Å². The molecular formula is C36H50FN3O3. The molecule has 2 saturated carbocycles. The van der Waals surface area contributed by atoms with Crippen molar-refractivity contribution in [3.8, 4) is 0 Å². The Morgan fingerprint density at radius 2 is 1.77 bits per heavy atom. The summed E-state index contributed by atoms with van der Waals surface area (Å²) in [4.78, 5) is 11.9. The number of carbonyl (C=O) groups excluding carboxylic acids is 1. The lowest BCUT2D eigenvalue weighted by molar-refractivity contribution is 0.0903. The summed E-state index contributed by atoms with van der Waals surface area (Å²) in [6.07, 6.45) is 12.4. The molecule has 6 rings (SSSR count). The van der Waals surface area contributed by atoms with Crippen molar-refractivity contribution >= 4 is 17.8 Å². The van der Waals surface area contributed by atoms with Crippen LogP contribution in [0, 0.1) is 17.7 Å². The first-order valence-electron chi connectivity index (χ1n) is 15.9. The number of hydrogen-bond acceptors (Lipinski definition) is 5. The number of nitrogens with one attached hydrogen (secondary N) is 1. The number of aliphatic hydroxyl groups excluding tert-OH is 2. The number of amides is 1. The summed E-state index contributed by atoms with van der Waals surface area (Å²) in [5.41, 5.74) is 6.01. The number of nitrogens with zero attached hydrogens (tertiary/aromatic N) is 2. The van der Waals surface area contributed by atoms with Gasteiger partial charge in [-0.25, -0.2) is 4.39 Å². The molecule has 1 atom stereocenters. The zero-order chi connectivity index (χ0) is 31.4. The molecule has 2 aromatic rings. The molecule has 0 bridgehead atoms. The number of hydrogen-bond donors (Lipinski definition) is 3. The zero-order valence-corrected chi connectivity index (χ0v) is 26.6. The average molecular weight is 592 g/mol. The number of aliphatic hydroxyl groups is 2. The van der Waals surface area contributed by atoms with Gasteiger partial charge < -0.3 is 15.5 Å². The first kappa shape index (κ1) is 34.2. The summed E-state index contributed by atoms with van der Waals surface area (Å²) in [5, 5.41) is 27.5. The lowest BCUT2D eigenvalue weighted by Crippen LogP contribution is -2.39. The molecule has 0 aromatic heterocycles. The van der Waals surface area contributed by atoms with Crippen LogP contribution in [0.4, 0.5) is 10.1 Å². The molecule has 7 heteroatoms. The highest BCUT2D eigenvalue weighted by molar-refractivity contribution is 5.96. The molecule has 1 heterocycles. The third-order valence-electron chi connectivity index (χ3n) is 8.36. The molecule has 0 spiro atoms. The molecule has 43 heavy (non-hydrogen) atoms. The second-order valence-electron chi connectivity index (χ2n) is 11.9. The van der Waals surface area contributed by atoms with Crippen LogP contribution < -0.4 is 10.3 Å². The van der Waals surface area contributed by atoms with Crippen LogP contribution in [0.3, 0.4) is 0 Å². The van der Waals surface area contributed by atoms with Gasteiger partial charge in [-0.1, -0.05) is 70.9 Å². The summed E-state index contributed by atoms with van der Waals surface area (Å²) in [6, 6.07) is 13.5. The van der Waals surface area contributed by atoms with E-state index < -0.39 is 5.54 Å². The molecule has 3 N–H and O–H groups in total. The standard InChI is InChI=1S/C17H17FN2.C12H15NO3.C5H12.C2H6/c18-16-4-6-17(7-5-16)20-11-15-9-13-3-1-2-12(13)8-14(15)10-19-20;14-7-9-3-1-2-4-10(9)11(16)13-12(8-15)5-6-12;1-4-5(2)3;1-2/h4-7,9-10,12H,1-3,8,11H2;1-4,14-15H,5-8H2,(H,13,16);5H,4H2,1-3H3;1-2H3. The molecule has 6 nitrogen and oxygen atoms in total.